The second-order valence-corrected chi connectivity index (χ2v) is 9.98. The highest BCUT2D eigenvalue weighted by molar-refractivity contribution is 7.92. The Kier molecular flexibility index (Phi) is 7.50. The normalized spacial score (nSPS) is 17.5. The molecule has 0 aromatic heterocycles. The number of carbonyl (C=O) groups is 1. The van der Waals surface area contributed by atoms with Gasteiger partial charge in [0.05, 0.1) is 18.4 Å². The second kappa shape index (κ2) is 10.1. The fraction of sp³-hybridized carbons (Fsp3) is 0.435. The number of likely N-dealkylation sites (tertiary alicyclic amines) is 1. The Balaban J connectivity index is 1.61. The summed E-state index contributed by atoms with van der Waals surface area (Å²) in [6.45, 7) is 5.90. The van der Waals surface area contributed by atoms with Crippen LogP contribution in [0.5, 0.6) is 0 Å². The molecule has 162 valence electrons. The summed E-state index contributed by atoms with van der Waals surface area (Å²) in [4.78, 5) is 15.0. The van der Waals surface area contributed by atoms with E-state index < -0.39 is 10.0 Å². The van der Waals surface area contributed by atoms with Crippen molar-refractivity contribution in [2.24, 2.45) is 5.92 Å². The maximum Gasteiger partial charge on any atom is 0.229 e. The smallest absolute Gasteiger partial charge is 0.229 e. The molecular weight excluding hydrogens is 398 g/mol. The molecule has 0 bridgehead atoms. The Morgan fingerprint density at radius 1 is 1.07 bits per heavy atom. The molecule has 6 nitrogen and oxygen atoms in total. The summed E-state index contributed by atoms with van der Waals surface area (Å²) in [5.41, 5.74) is 3.45. The fourth-order valence-corrected chi connectivity index (χ4v) is 4.56. The first-order valence-corrected chi connectivity index (χ1v) is 12.3. The maximum absolute atomic E-state index is 12.5. The number of benzene rings is 2. The molecule has 1 atom stereocenters. The van der Waals surface area contributed by atoms with Crippen LogP contribution in [-0.4, -0.2) is 38.6 Å². The van der Waals surface area contributed by atoms with Crippen LogP contribution in [0.1, 0.15) is 36.5 Å². The van der Waals surface area contributed by atoms with Crippen molar-refractivity contribution in [3.05, 3.63) is 65.2 Å². The first kappa shape index (κ1) is 22.3. The van der Waals surface area contributed by atoms with E-state index in [1.807, 2.05) is 12.1 Å². The van der Waals surface area contributed by atoms with E-state index in [-0.39, 0.29) is 12.3 Å². The van der Waals surface area contributed by atoms with E-state index in [0.717, 1.165) is 37.4 Å². The Bertz CT molecular complexity index is 975. The highest BCUT2D eigenvalue weighted by atomic mass is 32.2. The molecule has 0 radical (unpaired) electrons. The lowest BCUT2D eigenvalue weighted by atomic mass is 9.99. The van der Waals surface area contributed by atoms with E-state index in [9.17, 15) is 13.2 Å². The molecule has 1 saturated heterocycles. The number of rotatable bonds is 8. The third kappa shape index (κ3) is 6.85. The van der Waals surface area contributed by atoms with E-state index in [1.54, 1.807) is 24.3 Å². The van der Waals surface area contributed by atoms with Crippen molar-refractivity contribution < 1.29 is 13.2 Å². The summed E-state index contributed by atoms with van der Waals surface area (Å²) in [5, 5.41) is 2.99. The van der Waals surface area contributed by atoms with Gasteiger partial charge in [-0.15, -0.1) is 0 Å². The van der Waals surface area contributed by atoms with Crippen molar-refractivity contribution in [2.75, 3.05) is 24.1 Å². The number of nitrogens with zero attached hydrogens (tertiary/aromatic N) is 1. The van der Waals surface area contributed by atoms with E-state index in [4.69, 9.17) is 0 Å². The van der Waals surface area contributed by atoms with Crippen LogP contribution < -0.4 is 10.0 Å². The van der Waals surface area contributed by atoms with Gasteiger partial charge in [0.2, 0.25) is 15.9 Å². The van der Waals surface area contributed by atoms with Crippen molar-refractivity contribution in [2.45, 2.75) is 39.3 Å². The lowest BCUT2D eigenvalue weighted by Gasteiger charge is -2.31. The number of para-hydroxylation sites is 1. The predicted octanol–water partition coefficient (Wildman–Crippen LogP) is 3.15. The third-order valence-electron chi connectivity index (χ3n) is 5.39. The molecule has 2 aromatic carbocycles. The summed E-state index contributed by atoms with van der Waals surface area (Å²) in [6.07, 6.45) is 3.75. The van der Waals surface area contributed by atoms with Gasteiger partial charge in [-0.1, -0.05) is 49.4 Å². The SMILES string of the molecule is CC1CCCN(Cc2ccccc2CNC(=O)Cc2ccccc2NS(C)(=O)=O)C1. The third-order valence-corrected chi connectivity index (χ3v) is 5.98. The second-order valence-electron chi connectivity index (χ2n) is 8.24. The number of nitrogens with one attached hydrogen (secondary N) is 2. The van der Waals surface area contributed by atoms with E-state index in [1.165, 1.54) is 18.4 Å². The molecule has 3 rings (SSSR count). The minimum atomic E-state index is -3.40. The van der Waals surface area contributed by atoms with E-state index in [2.05, 4.69) is 34.0 Å². The Morgan fingerprint density at radius 2 is 1.73 bits per heavy atom. The Morgan fingerprint density at radius 3 is 2.43 bits per heavy atom. The zero-order chi connectivity index (χ0) is 21.6. The highest BCUT2D eigenvalue weighted by Gasteiger charge is 2.17. The first-order chi connectivity index (χ1) is 14.3. The standard InChI is InChI=1S/C23H31N3O3S/c1-18-8-7-13-26(16-18)17-21-11-4-3-10-20(21)15-24-23(27)14-19-9-5-6-12-22(19)25-30(2,28)29/h3-6,9-12,18,25H,7-8,13-17H2,1-2H3,(H,24,27). The molecule has 2 aromatic rings. The lowest BCUT2D eigenvalue weighted by molar-refractivity contribution is -0.120. The molecule has 0 saturated carbocycles. The van der Waals surface area contributed by atoms with Gasteiger partial charge < -0.3 is 5.32 Å². The fourth-order valence-electron chi connectivity index (χ4n) is 3.96. The number of amides is 1. The molecule has 0 spiro atoms. The molecule has 1 heterocycles. The number of hydrogen-bond acceptors (Lipinski definition) is 4. The Hall–Kier alpha value is -2.38. The predicted molar refractivity (Wildman–Crippen MR) is 121 cm³/mol. The van der Waals surface area contributed by atoms with Gasteiger partial charge in [0.15, 0.2) is 0 Å². The van der Waals surface area contributed by atoms with Crippen molar-refractivity contribution in [3.63, 3.8) is 0 Å². The van der Waals surface area contributed by atoms with Crippen LogP contribution in [0, 0.1) is 5.92 Å². The molecule has 30 heavy (non-hydrogen) atoms. The minimum absolute atomic E-state index is 0.116. The topological polar surface area (TPSA) is 78.5 Å². The zero-order valence-electron chi connectivity index (χ0n) is 17.7. The first-order valence-electron chi connectivity index (χ1n) is 10.4. The molecule has 1 unspecified atom stereocenters. The molecule has 1 fully saturated rings. The van der Waals surface area contributed by atoms with Gasteiger partial charge in [0.25, 0.3) is 0 Å². The van der Waals surface area contributed by atoms with Crippen LogP contribution in [0.4, 0.5) is 5.69 Å². The quantitative estimate of drug-likeness (QED) is 0.676. The zero-order valence-corrected chi connectivity index (χ0v) is 18.5. The summed E-state index contributed by atoms with van der Waals surface area (Å²) in [5.74, 6) is 0.588. The van der Waals surface area contributed by atoms with Gasteiger partial charge in [0.1, 0.15) is 0 Å². The minimum Gasteiger partial charge on any atom is -0.352 e. The average molecular weight is 430 g/mol. The summed E-state index contributed by atoms with van der Waals surface area (Å²) in [6, 6.07) is 15.2. The number of anilines is 1. The summed E-state index contributed by atoms with van der Waals surface area (Å²) in [7, 11) is -3.40. The van der Waals surface area contributed by atoms with Crippen LogP contribution in [0.25, 0.3) is 0 Å². The summed E-state index contributed by atoms with van der Waals surface area (Å²) >= 11 is 0. The van der Waals surface area contributed by atoms with Gasteiger partial charge >= 0.3 is 0 Å². The molecule has 1 aliphatic rings. The van der Waals surface area contributed by atoms with Crippen LogP contribution in [0.3, 0.4) is 0 Å². The van der Waals surface area contributed by atoms with Gasteiger partial charge in [-0.3, -0.25) is 14.4 Å². The number of hydrogen-bond donors (Lipinski definition) is 2. The molecule has 7 heteroatoms. The van der Waals surface area contributed by atoms with Crippen molar-refractivity contribution in [1.29, 1.82) is 0 Å². The van der Waals surface area contributed by atoms with E-state index in [0.29, 0.717) is 17.8 Å². The average Bonchev–Trinajstić information content (AvgIpc) is 2.68. The van der Waals surface area contributed by atoms with Crippen LogP contribution in [0.2, 0.25) is 0 Å². The largest absolute Gasteiger partial charge is 0.352 e. The van der Waals surface area contributed by atoms with Gasteiger partial charge in [-0.05, 0) is 48.1 Å². The molecule has 1 amide bonds. The number of sulfonamides is 1. The highest BCUT2D eigenvalue weighted by Crippen LogP contribution is 2.20. The van der Waals surface area contributed by atoms with Crippen molar-refractivity contribution in [3.8, 4) is 0 Å². The molecular formula is C23H31N3O3S. The number of carbonyl (C=O) groups excluding carboxylic acids is 1. The number of piperidine rings is 1. The molecule has 0 aliphatic carbocycles. The van der Waals surface area contributed by atoms with Gasteiger partial charge in [0, 0.05) is 19.6 Å². The lowest BCUT2D eigenvalue weighted by Crippen LogP contribution is -2.34. The van der Waals surface area contributed by atoms with Crippen LogP contribution >= 0.6 is 0 Å². The monoisotopic (exact) mass is 429 g/mol. The van der Waals surface area contributed by atoms with Crippen LogP contribution in [0.15, 0.2) is 48.5 Å². The van der Waals surface area contributed by atoms with Crippen LogP contribution in [-0.2, 0) is 34.3 Å². The maximum atomic E-state index is 12.5. The van der Waals surface area contributed by atoms with Gasteiger partial charge in [-0.2, -0.15) is 0 Å². The molecule has 2 N–H and O–H groups in total. The van der Waals surface area contributed by atoms with Crippen molar-refractivity contribution >= 4 is 21.6 Å². The molecule has 1 aliphatic heterocycles. The summed E-state index contributed by atoms with van der Waals surface area (Å²) < 4.78 is 25.6. The van der Waals surface area contributed by atoms with Gasteiger partial charge in [-0.25, -0.2) is 8.42 Å². The van der Waals surface area contributed by atoms with Crippen molar-refractivity contribution in [1.82, 2.24) is 10.2 Å². The Labute approximate surface area is 179 Å². The van der Waals surface area contributed by atoms with E-state index >= 15 is 0 Å².